The van der Waals surface area contributed by atoms with Gasteiger partial charge >= 0.3 is 0 Å². The maximum atomic E-state index is 13.7. The fraction of sp³-hybridized carbons (Fsp3) is 0.571. The largest absolute Gasteiger partial charge is 0.381 e. The maximum absolute atomic E-state index is 13.7. The highest BCUT2D eigenvalue weighted by Crippen LogP contribution is 2.37. The average Bonchev–Trinajstić information content (AvgIpc) is 2.90. The molecule has 2 unspecified atom stereocenters. The van der Waals surface area contributed by atoms with E-state index in [1.54, 1.807) is 17.8 Å². The van der Waals surface area contributed by atoms with Crippen molar-refractivity contribution < 1.29 is 9.13 Å². The minimum atomic E-state index is -0.0757. The van der Waals surface area contributed by atoms with Crippen molar-refractivity contribution in [3.8, 4) is 0 Å². The Hall–Kier alpha value is -0.580. The lowest BCUT2D eigenvalue weighted by Crippen LogP contribution is -2.30. The number of rotatable bonds is 3. The second kappa shape index (κ2) is 5.59. The lowest BCUT2D eigenvalue weighted by molar-refractivity contribution is 0.184. The van der Waals surface area contributed by atoms with Gasteiger partial charge in [-0.05, 0) is 36.1 Å². The molecule has 2 aliphatic heterocycles. The van der Waals surface area contributed by atoms with Crippen molar-refractivity contribution in [1.82, 2.24) is 5.32 Å². The fourth-order valence-electron chi connectivity index (χ4n) is 2.65. The summed E-state index contributed by atoms with van der Waals surface area (Å²) in [6.45, 7) is 2.73. The highest BCUT2D eigenvalue weighted by molar-refractivity contribution is 7.99. The van der Waals surface area contributed by atoms with E-state index in [-0.39, 0.29) is 5.82 Å². The summed E-state index contributed by atoms with van der Waals surface area (Å²) in [5.41, 5.74) is 1.13. The average molecular weight is 267 g/mol. The minimum Gasteiger partial charge on any atom is -0.381 e. The molecule has 0 bridgehead atoms. The molecular formula is C14H18FNOS. The molecule has 0 radical (unpaired) electrons. The van der Waals surface area contributed by atoms with Gasteiger partial charge in [-0.15, -0.1) is 11.8 Å². The van der Waals surface area contributed by atoms with Crippen molar-refractivity contribution in [1.29, 1.82) is 0 Å². The molecule has 2 atom stereocenters. The molecule has 1 N–H and O–H groups in total. The van der Waals surface area contributed by atoms with Crippen molar-refractivity contribution in [2.75, 3.05) is 25.5 Å². The maximum Gasteiger partial charge on any atom is 0.137 e. The SMILES string of the molecule is Fc1cccc2c1SCCC2NCC1CCOC1. The molecule has 1 aromatic carbocycles. The van der Waals surface area contributed by atoms with Crippen LogP contribution >= 0.6 is 11.8 Å². The Morgan fingerprint density at radius 1 is 1.39 bits per heavy atom. The van der Waals surface area contributed by atoms with E-state index < -0.39 is 0 Å². The Labute approximate surface area is 111 Å². The van der Waals surface area contributed by atoms with Gasteiger partial charge in [0.1, 0.15) is 5.82 Å². The smallest absolute Gasteiger partial charge is 0.137 e. The summed E-state index contributed by atoms with van der Waals surface area (Å²) in [7, 11) is 0. The zero-order valence-corrected chi connectivity index (χ0v) is 11.1. The van der Waals surface area contributed by atoms with Crippen LogP contribution in [0.5, 0.6) is 0 Å². The number of hydrogen-bond donors (Lipinski definition) is 1. The van der Waals surface area contributed by atoms with Gasteiger partial charge in [-0.25, -0.2) is 4.39 Å². The van der Waals surface area contributed by atoms with Crippen molar-refractivity contribution in [3.05, 3.63) is 29.6 Å². The third-order valence-electron chi connectivity index (χ3n) is 3.70. The first-order chi connectivity index (χ1) is 8.84. The zero-order chi connectivity index (χ0) is 12.4. The molecule has 4 heteroatoms. The first-order valence-electron chi connectivity index (χ1n) is 6.57. The number of benzene rings is 1. The highest BCUT2D eigenvalue weighted by Gasteiger charge is 2.24. The van der Waals surface area contributed by atoms with E-state index in [0.29, 0.717) is 12.0 Å². The predicted molar refractivity (Wildman–Crippen MR) is 71.4 cm³/mol. The van der Waals surface area contributed by atoms with Crippen LogP contribution in [0.4, 0.5) is 4.39 Å². The van der Waals surface area contributed by atoms with Crippen LogP contribution in [0.2, 0.25) is 0 Å². The van der Waals surface area contributed by atoms with E-state index in [1.165, 1.54) is 0 Å². The quantitative estimate of drug-likeness (QED) is 0.909. The van der Waals surface area contributed by atoms with Gasteiger partial charge < -0.3 is 10.1 Å². The fourth-order valence-corrected chi connectivity index (χ4v) is 3.79. The van der Waals surface area contributed by atoms with Gasteiger partial charge in [0.15, 0.2) is 0 Å². The Balaban J connectivity index is 1.69. The van der Waals surface area contributed by atoms with Crippen LogP contribution in [0, 0.1) is 11.7 Å². The van der Waals surface area contributed by atoms with E-state index in [4.69, 9.17) is 4.74 Å². The van der Waals surface area contributed by atoms with Gasteiger partial charge in [0.05, 0.1) is 6.61 Å². The third-order valence-corrected chi connectivity index (χ3v) is 4.86. The Morgan fingerprint density at radius 3 is 3.17 bits per heavy atom. The molecule has 0 amide bonds. The summed E-state index contributed by atoms with van der Waals surface area (Å²) in [5, 5.41) is 3.59. The predicted octanol–water partition coefficient (Wildman–Crippen LogP) is 2.99. The highest BCUT2D eigenvalue weighted by atomic mass is 32.2. The zero-order valence-electron chi connectivity index (χ0n) is 10.3. The van der Waals surface area contributed by atoms with Crippen LogP contribution in [0.15, 0.2) is 23.1 Å². The van der Waals surface area contributed by atoms with Gasteiger partial charge in [-0.1, -0.05) is 12.1 Å². The third kappa shape index (κ3) is 2.56. The molecule has 0 saturated carbocycles. The standard InChI is InChI=1S/C14H18FNOS/c15-12-3-1-2-11-13(5-7-18-14(11)12)16-8-10-4-6-17-9-10/h1-3,10,13,16H,4-9H2. The van der Waals surface area contributed by atoms with E-state index >= 15 is 0 Å². The van der Waals surface area contributed by atoms with E-state index in [1.807, 2.05) is 12.1 Å². The molecule has 3 rings (SSSR count). The molecule has 1 aromatic rings. The molecular weight excluding hydrogens is 249 g/mol. The van der Waals surface area contributed by atoms with Crippen molar-refractivity contribution in [2.45, 2.75) is 23.8 Å². The number of halogens is 1. The van der Waals surface area contributed by atoms with Gasteiger partial charge in [-0.3, -0.25) is 0 Å². The number of thioether (sulfide) groups is 1. The molecule has 18 heavy (non-hydrogen) atoms. The molecule has 2 aliphatic rings. The normalized spacial score (nSPS) is 27.2. The van der Waals surface area contributed by atoms with Crippen LogP contribution in [0.3, 0.4) is 0 Å². The summed E-state index contributed by atoms with van der Waals surface area (Å²) in [6.07, 6.45) is 2.22. The monoisotopic (exact) mass is 267 g/mol. The summed E-state index contributed by atoms with van der Waals surface area (Å²) >= 11 is 1.64. The second-order valence-corrected chi connectivity index (χ2v) is 6.09. The van der Waals surface area contributed by atoms with Gasteiger partial charge in [0.2, 0.25) is 0 Å². The lowest BCUT2D eigenvalue weighted by Gasteiger charge is -2.27. The molecule has 2 heterocycles. The number of nitrogens with one attached hydrogen (secondary N) is 1. The minimum absolute atomic E-state index is 0.0757. The first kappa shape index (κ1) is 12.5. The number of fused-ring (bicyclic) bond motifs is 1. The topological polar surface area (TPSA) is 21.3 Å². The van der Waals surface area contributed by atoms with Crippen LogP contribution in [0.25, 0.3) is 0 Å². The van der Waals surface area contributed by atoms with Crippen LogP contribution in [-0.4, -0.2) is 25.5 Å². The molecule has 98 valence electrons. The van der Waals surface area contributed by atoms with E-state index in [2.05, 4.69) is 5.32 Å². The van der Waals surface area contributed by atoms with Gasteiger partial charge in [0.25, 0.3) is 0 Å². The van der Waals surface area contributed by atoms with Crippen LogP contribution in [0.1, 0.15) is 24.4 Å². The Morgan fingerprint density at radius 2 is 2.33 bits per heavy atom. The van der Waals surface area contributed by atoms with E-state index in [9.17, 15) is 4.39 Å². The van der Waals surface area contributed by atoms with Crippen molar-refractivity contribution >= 4 is 11.8 Å². The molecule has 1 saturated heterocycles. The summed E-state index contributed by atoms with van der Waals surface area (Å²) in [6, 6.07) is 5.72. The van der Waals surface area contributed by atoms with Gasteiger partial charge in [-0.2, -0.15) is 0 Å². The van der Waals surface area contributed by atoms with Crippen molar-refractivity contribution in [2.24, 2.45) is 5.92 Å². The molecule has 0 aliphatic carbocycles. The molecule has 0 aromatic heterocycles. The molecule has 1 fully saturated rings. The molecule has 2 nitrogen and oxygen atoms in total. The molecule has 0 spiro atoms. The van der Waals surface area contributed by atoms with E-state index in [0.717, 1.165) is 48.8 Å². The van der Waals surface area contributed by atoms with Crippen LogP contribution < -0.4 is 5.32 Å². The summed E-state index contributed by atoms with van der Waals surface area (Å²) < 4.78 is 19.1. The van der Waals surface area contributed by atoms with Crippen LogP contribution in [-0.2, 0) is 4.74 Å². The van der Waals surface area contributed by atoms with Crippen molar-refractivity contribution in [3.63, 3.8) is 0 Å². The van der Waals surface area contributed by atoms with Gasteiger partial charge in [0, 0.05) is 24.1 Å². The summed E-state index contributed by atoms with van der Waals surface area (Å²) in [4.78, 5) is 0.837. The first-order valence-corrected chi connectivity index (χ1v) is 7.55. The summed E-state index contributed by atoms with van der Waals surface area (Å²) in [5.74, 6) is 1.54. The lowest BCUT2D eigenvalue weighted by atomic mass is 10.0. The Kier molecular flexibility index (Phi) is 3.87. The number of ether oxygens (including phenoxy) is 1. The Bertz CT molecular complexity index is 420. The second-order valence-electron chi connectivity index (χ2n) is 4.99. The number of hydrogen-bond acceptors (Lipinski definition) is 3.